The standard InChI is InChI=1S/C12H12.C12H16.2C12H12.C8H16.C8H10.C7H9N.2C6H8N2.C6H12O2.C5H7N3.2H2/c1-9-3-5-12-8-10(2)4-6-11(12)7-9;2*1-9-5-3-8-12-10(2)6-4-7-11(9)12;1-9-7-8-10(2)12-6-4-3-5-11(9)12;2*1-7-3-5-8(2)6-4-7;1-6-3-4-7(2)8-5-6;1-5-3-7-6(2)8-4-5;1-5-3-4-6(2)8-7-5;1-5-3-7-6(2)8-4-5;1-4-3-6-5(2)8-7-4;;/h3-8H,1-2H3;3,5,8,10H,4,6-7H2,1-2H3;2*3-8H,1-2H3;7-8H,3-6H2,1-2H3;3-6H,1-2H3;3-5H,1-2H3;2*3-4H,1-2H3;5-6H,3-4H2,1-2H3;3H,1-2H3;2*1H. The zero-order chi connectivity index (χ0) is 76.1. The van der Waals surface area contributed by atoms with E-state index in [-0.39, 0.29) is 9.14 Å². The highest BCUT2D eigenvalue weighted by molar-refractivity contribution is 5.89. The zero-order valence-corrected chi connectivity index (χ0v) is 67.2. The van der Waals surface area contributed by atoms with E-state index in [2.05, 4.69) is 288 Å². The predicted molar refractivity (Wildman–Crippen MR) is 446 cm³/mol. The maximum Gasteiger partial charge on any atom is 0.154 e. The molecule has 2 aliphatic carbocycles. The van der Waals surface area contributed by atoms with Gasteiger partial charge in [0.2, 0.25) is 0 Å². The Bertz CT molecular complexity index is 3840. The van der Waals surface area contributed by atoms with E-state index in [0.29, 0.717) is 5.92 Å². The van der Waals surface area contributed by atoms with Crippen LogP contribution in [-0.4, -0.2) is 59.8 Å². The van der Waals surface area contributed by atoms with Crippen LogP contribution in [0.5, 0.6) is 0 Å². The van der Waals surface area contributed by atoms with Crippen molar-refractivity contribution in [3.05, 3.63) is 307 Å². The average Bonchev–Trinajstić information content (AvgIpc) is 0.835. The second-order valence-electron chi connectivity index (χ2n) is 28.9. The minimum Gasteiger partial charge on any atom is -0.353 e. The van der Waals surface area contributed by atoms with E-state index in [0.717, 1.165) is 71.0 Å². The fourth-order valence-corrected chi connectivity index (χ4v) is 11.6. The van der Waals surface area contributed by atoms with Crippen LogP contribution in [0, 0.1) is 135 Å². The van der Waals surface area contributed by atoms with Gasteiger partial charge in [0.15, 0.2) is 6.29 Å². The molecule has 15 rings (SSSR count). The molecule has 10 heteroatoms. The number of hydrogen-bond acceptors (Lipinski definition) is 10. The summed E-state index contributed by atoms with van der Waals surface area (Å²) >= 11 is 0. The summed E-state index contributed by atoms with van der Waals surface area (Å²) in [5.74, 6) is 4.95. The molecule has 2 fully saturated rings. The molecule has 0 bridgehead atoms. The molecule has 554 valence electrons. The van der Waals surface area contributed by atoms with Crippen LogP contribution in [0.4, 0.5) is 0 Å². The quantitative estimate of drug-likeness (QED) is 0.145. The van der Waals surface area contributed by atoms with Gasteiger partial charge in [-0.15, -0.1) is 5.10 Å². The van der Waals surface area contributed by atoms with Crippen LogP contribution in [0.15, 0.2) is 201 Å². The van der Waals surface area contributed by atoms with Gasteiger partial charge in [-0.2, -0.15) is 15.3 Å². The minimum absolute atomic E-state index is 0. The Balaban J connectivity index is 0.000000304. The maximum atomic E-state index is 5.17. The van der Waals surface area contributed by atoms with Crippen molar-refractivity contribution < 1.29 is 12.3 Å². The second-order valence-corrected chi connectivity index (χ2v) is 28.9. The van der Waals surface area contributed by atoms with Gasteiger partial charge < -0.3 is 9.47 Å². The van der Waals surface area contributed by atoms with Crippen LogP contribution in [0.2, 0.25) is 0 Å². The number of nitrogens with zero attached hydrogens (tertiary/aromatic N) is 8. The van der Waals surface area contributed by atoms with Crippen LogP contribution in [0.3, 0.4) is 0 Å². The first-order chi connectivity index (χ1) is 49.6. The molecule has 1 saturated heterocycles. The summed E-state index contributed by atoms with van der Waals surface area (Å²) < 4.78 is 10.3. The number of ether oxygens (including phenoxy) is 2. The monoisotopic (exact) mass is 1400 g/mol. The molecule has 1 unspecified atom stereocenters. The Labute approximate surface area is 629 Å². The van der Waals surface area contributed by atoms with Gasteiger partial charge in [-0.3, -0.25) is 4.98 Å². The highest BCUT2D eigenvalue weighted by Crippen LogP contribution is 2.33. The van der Waals surface area contributed by atoms with Crippen molar-refractivity contribution in [2.24, 2.45) is 17.8 Å². The molecule has 10 nitrogen and oxygen atoms in total. The van der Waals surface area contributed by atoms with Crippen molar-refractivity contribution in [1.82, 2.24) is 40.3 Å². The van der Waals surface area contributed by atoms with E-state index in [9.17, 15) is 0 Å². The Morgan fingerprint density at radius 1 is 0.308 bits per heavy atom. The summed E-state index contributed by atoms with van der Waals surface area (Å²) in [7, 11) is 0. The van der Waals surface area contributed by atoms with Crippen LogP contribution in [-0.2, 0) is 15.9 Å². The molecular weight excluding hydrogens is 1270 g/mol. The molecule has 12 aromatic rings. The SMILES string of the molecule is CC1CCC(C)CC1.CC1COC(C)OC1.Cc1ccc(C)c2ccccc12.Cc1ccc(C)cc1.Cc1ccc(C)nc1.Cc1ccc(C)nn1.Cc1ccc2cc(C)ccc2c1.Cc1cccc2c(C)cccc12.Cc1cccc2c1CCCC2C.Cc1cnc(C)nc1.Cc1cnc(C)nn1.[HH].[HH]. The van der Waals surface area contributed by atoms with E-state index >= 15 is 0 Å². The Morgan fingerprint density at radius 2 is 0.702 bits per heavy atom. The Hall–Kier alpha value is -9.22. The molecule has 0 amide bonds. The number of aromatic nitrogens is 8. The molecular formula is C94H126N8O2. The van der Waals surface area contributed by atoms with Crippen molar-refractivity contribution in [2.75, 3.05) is 13.2 Å². The Kier molecular flexibility index (Phi) is 37.6. The molecule has 1 atom stereocenters. The number of pyridine rings is 1. The van der Waals surface area contributed by atoms with Crippen molar-refractivity contribution >= 4 is 32.3 Å². The van der Waals surface area contributed by atoms with Crippen LogP contribution < -0.4 is 0 Å². The lowest BCUT2D eigenvalue weighted by Crippen LogP contribution is -2.27. The fraction of sp³-hybridized carbons (Fsp3) is 0.383. The van der Waals surface area contributed by atoms with Crippen molar-refractivity contribution in [2.45, 2.75) is 209 Å². The lowest BCUT2D eigenvalue weighted by Gasteiger charge is -2.24. The normalized spacial score (nSPS) is 15.8. The topological polar surface area (TPSA) is 122 Å². The van der Waals surface area contributed by atoms with Crippen LogP contribution in [0.25, 0.3) is 32.3 Å². The molecule has 1 saturated carbocycles. The lowest BCUT2D eigenvalue weighted by molar-refractivity contribution is -0.187. The van der Waals surface area contributed by atoms with E-state index < -0.39 is 0 Å². The summed E-state index contributed by atoms with van der Waals surface area (Å²) in [5.41, 5.74) is 21.6. The van der Waals surface area contributed by atoms with Gasteiger partial charge in [-0.25, -0.2) is 15.0 Å². The van der Waals surface area contributed by atoms with Crippen LogP contribution >= 0.6 is 0 Å². The fourth-order valence-electron chi connectivity index (χ4n) is 11.6. The summed E-state index contributed by atoms with van der Waals surface area (Å²) in [6.07, 6.45) is 17.1. The van der Waals surface area contributed by atoms with Gasteiger partial charge in [-0.1, -0.05) is 233 Å². The lowest BCUT2D eigenvalue weighted by atomic mass is 9.82. The molecule has 1 aliphatic heterocycles. The van der Waals surface area contributed by atoms with Crippen molar-refractivity contribution in [3.8, 4) is 0 Å². The zero-order valence-electron chi connectivity index (χ0n) is 67.2. The highest BCUT2D eigenvalue weighted by atomic mass is 16.7. The first-order valence-electron chi connectivity index (χ1n) is 37.4. The number of fused-ring (bicyclic) bond motifs is 4. The molecule has 8 aromatic carbocycles. The number of rotatable bonds is 0. The first-order valence-corrected chi connectivity index (χ1v) is 37.4. The predicted octanol–water partition coefficient (Wildman–Crippen LogP) is 24.8. The average molecular weight is 1400 g/mol. The van der Waals surface area contributed by atoms with Crippen LogP contribution in [0.1, 0.15) is 189 Å². The maximum absolute atomic E-state index is 5.17. The van der Waals surface area contributed by atoms with E-state index in [1.807, 2.05) is 99.1 Å². The summed E-state index contributed by atoms with van der Waals surface area (Å²) in [4.78, 5) is 15.9. The van der Waals surface area contributed by atoms with E-state index in [1.165, 1.54) is 133 Å². The summed E-state index contributed by atoms with van der Waals surface area (Å²) in [5, 5.41) is 23.3. The van der Waals surface area contributed by atoms with Gasteiger partial charge in [0.05, 0.1) is 36.5 Å². The third-order valence-corrected chi connectivity index (χ3v) is 18.4. The summed E-state index contributed by atoms with van der Waals surface area (Å²) in [6, 6.07) is 62.1. The van der Waals surface area contributed by atoms with Gasteiger partial charge in [0.25, 0.3) is 0 Å². The van der Waals surface area contributed by atoms with Gasteiger partial charge >= 0.3 is 0 Å². The van der Waals surface area contributed by atoms with Gasteiger partial charge in [0.1, 0.15) is 11.6 Å². The third kappa shape index (κ3) is 32.6. The molecule has 0 N–H and O–H groups in total. The van der Waals surface area contributed by atoms with Crippen molar-refractivity contribution in [1.29, 1.82) is 0 Å². The van der Waals surface area contributed by atoms with E-state index in [4.69, 9.17) is 9.47 Å². The first kappa shape index (κ1) is 85.4. The highest BCUT2D eigenvalue weighted by Gasteiger charge is 2.17. The molecule has 4 aromatic heterocycles. The molecule has 104 heavy (non-hydrogen) atoms. The number of aryl methyl sites for hydroxylation is 17. The third-order valence-electron chi connectivity index (χ3n) is 18.4. The van der Waals surface area contributed by atoms with Gasteiger partial charge in [0, 0.05) is 33.1 Å². The second kappa shape index (κ2) is 45.8. The largest absolute Gasteiger partial charge is 0.353 e. The van der Waals surface area contributed by atoms with Gasteiger partial charge in [-0.05, 0) is 262 Å². The molecule has 0 radical (unpaired) electrons. The molecule has 3 aliphatic rings. The summed E-state index contributed by atoms with van der Waals surface area (Å²) in [6.45, 7) is 47.5. The van der Waals surface area contributed by atoms with E-state index in [1.54, 1.807) is 17.3 Å². The smallest absolute Gasteiger partial charge is 0.154 e. The molecule has 5 heterocycles. The Morgan fingerprint density at radius 3 is 1.10 bits per heavy atom. The minimum atomic E-state index is 0. The van der Waals surface area contributed by atoms with Crippen molar-refractivity contribution in [3.63, 3.8) is 0 Å². The molecule has 0 spiro atoms. The number of benzene rings is 8. The number of hydrogen-bond donors (Lipinski definition) is 0.